The quantitative estimate of drug-likeness (QED) is 0.272. The first kappa shape index (κ1) is 24.6. The Labute approximate surface area is 171 Å². The summed E-state index contributed by atoms with van der Waals surface area (Å²) in [5.74, 6) is 0. The fourth-order valence-corrected chi connectivity index (χ4v) is 9.13. The van der Waals surface area contributed by atoms with E-state index in [-0.39, 0.29) is 11.7 Å². The molecule has 0 atom stereocenters. The molecule has 0 aliphatic heterocycles. The number of rotatable bonds is 11. The van der Waals surface area contributed by atoms with E-state index >= 15 is 0 Å². The Morgan fingerprint density at radius 2 is 1.00 bits per heavy atom. The predicted octanol–water partition coefficient (Wildman–Crippen LogP) is 8.03. The minimum Gasteiger partial charge on any atom is -0.389 e. The van der Waals surface area contributed by atoms with Crippen molar-refractivity contribution < 1.29 is 8.85 Å². The van der Waals surface area contributed by atoms with Crippen molar-refractivity contribution in [1.29, 1.82) is 0 Å². The lowest BCUT2D eigenvalue weighted by molar-refractivity contribution is -0.0158. The second-order valence-corrected chi connectivity index (χ2v) is 18.4. The van der Waals surface area contributed by atoms with Gasteiger partial charge in [-0.1, -0.05) is 86.6 Å². The maximum atomic E-state index is 6.91. The molecule has 0 fully saturated rings. The molecule has 4 heteroatoms. The van der Waals surface area contributed by atoms with Gasteiger partial charge in [-0.05, 0) is 47.2 Å². The van der Waals surface area contributed by atoms with E-state index in [1.54, 1.807) is 0 Å². The van der Waals surface area contributed by atoms with E-state index in [4.69, 9.17) is 8.85 Å². The third-order valence-corrected chi connectivity index (χ3v) is 15.8. The van der Waals surface area contributed by atoms with Gasteiger partial charge in [0.1, 0.15) is 0 Å². The third kappa shape index (κ3) is 6.28. The van der Waals surface area contributed by atoms with Gasteiger partial charge in [0.15, 0.2) is 22.9 Å². The molecule has 27 heavy (non-hydrogen) atoms. The Balaban J connectivity index is 3.28. The zero-order valence-corrected chi connectivity index (χ0v) is 21.4. The van der Waals surface area contributed by atoms with E-state index in [1.807, 2.05) is 0 Å². The van der Waals surface area contributed by atoms with E-state index < -0.39 is 16.6 Å². The summed E-state index contributed by atoms with van der Waals surface area (Å²) in [5.41, 5.74) is 2.72. The zero-order chi connectivity index (χ0) is 20.7. The molecular weight excluding hydrogens is 364 g/mol. The number of hydrogen-bond donors (Lipinski definition) is 0. The molecule has 0 heterocycles. The zero-order valence-electron chi connectivity index (χ0n) is 19.4. The molecule has 0 saturated carbocycles. The van der Waals surface area contributed by atoms with Crippen molar-refractivity contribution in [3.8, 4) is 0 Å². The van der Waals surface area contributed by atoms with Crippen molar-refractivity contribution in [2.75, 3.05) is 0 Å². The van der Waals surface area contributed by atoms with Gasteiger partial charge in [-0.15, -0.1) is 0 Å². The minimum absolute atomic E-state index is 0.166. The van der Waals surface area contributed by atoms with Gasteiger partial charge in [0.25, 0.3) is 0 Å². The number of hydrogen-bond acceptors (Lipinski definition) is 2. The van der Waals surface area contributed by atoms with Crippen molar-refractivity contribution in [3.63, 3.8) is 0 Å². The van der Waals surface area contributed by atoms with E-state index in [9.17, 15) is 0 Å². The molecule has 0 N–H and O–H groups in total. The van der Waals surface area contributed by atoms with Crippen LogP contribution in [0, 0.1) is 0 Å². The summed E-state index contributed by atoms with van der Waals surface area (Å²) in [6.45, 7) is 20.6. The van der Waals surface area contributed by atoms with Crippen molar-refractivity contribution in [1.82, 2.24) is 0 Å². The highest BCUT2D eigenvalue weighted by molar-refractivity contribution is 6.74. The summed E-state index contributed by atoms with van der Waals surface area (Å²) in [6.07, 6.45) is -0.197. The molecule has 1 aromatic carbocycles. The fraction of sp³-hybridized carbons (Fsp3) is 0.739. The molecule has 2 nitrogen and oxygen atoms in total. The Hall–Kier alpha value is -0.426. The topological polar surface area (TPSA) is 18.5 Å². The summed E-state index contributed by atoms with van der Waals surface area (Å²) in [5, 5.41) is 0. The maximum absolute atomic E-state index is 6.91. The van der Waals surface area contributed by atoms with E-state index in [2.05, 4.69) is 86.6 Å². The lowest BCUT2D eigenvalue weighted by Gasteiger charge is -2.39. The highest BCUT2D eigenvalue weighted by atomic mass is 28.4. The van der Waals surface area contributed by atoms with Crippen LogP contribution in [0.15, 0.2) is 24.3 Å². The van der Waals surface area contributed by atoms with Gasteiger partial charge in [-0.25, -0.2) is 0 Å². The Bertz CT molecular complexity index is 502. The van der Waals surface area contributed by atoms with Crippen molar-refractivity contribution in [2.45, 2.75) is 110 Å². The fourth-order valence-electron chi connectivity index (χ4n) is 3.75. The summed E-state index contributed by atoms with van der Waals surface area (Å²) < 4.78 is 13.8. The van der Waals surface area contributed by atoms with Crippen LogP contribution in [-0.2, 0) is 14.3 Å². The smallest absolute Gasteiger partial charge is 0.195 e. The van der Waals surface area contributed by atoms with Crippen LogP contribution in [-0.4, -0.2) is 16.6 Å². The van der Waals surface area contributed by atoms with Crippen LogP contribution in [0.2, 0.25) is 36.3 Å². The van der Waals surface area contributed by atoms with Crippen molar-refractivity contribution in [2.24, 2.45) is 0 Å². The van der Waals surface area contributed by atoms with E-state index in [1.165, 1.54) is 11.1 Å². The van der Waals surface area contributed by atoms with Crippen molar-refractivity contribution >= 4 is 16.6 Å². The highest BCUT2D eigenvalue weighted by Crippen LogP contribution is 2.36. The van der Waals surface area contributed by atoms with E-state index in [0.717, 1.165) is 36.3 Å². The van der Waals surface area contributed by atoms with Gasteiger partial charge in [0.05, 0.1) is 0 Å². The molecule has 0 radical (unpaired) electrons. The Kier molecular flexibility index (Phi) is 9.46. The van der Waals surface area contributed by atoms with Crippen molar-refractivity contribution in [3.05, 3.63) is 35.4 Å². The van der Waals surface area contributed by atoms with Gasteiger partial charge >= 0.3 is 0 Å². The van der Waals surface area contributed by atoms with E-state index in [0.29, 0.717) is 0 Å². The van der Waals surface area contributed by atoms with Crippen LogP contribution in [0.5, 0.6) is 0 Å². The molecular formula is C23H44O2Si2. The average Bonchev–Trinajstić information content (AvgIpc) is 2.69. The molecule has 0 unspecified atom stereocenters. The molecule has 0 aliphatic carbocycles. The van der Waals surface area contributed by atoms with Gasteiger partial charge < -0.3 is 8.85 Å². The molecule has 1 rings (SSSR count). The molecule has 0 amide bonds. The summed E-state index contributed by atoms with van der Waals surface area (Å²) in [4.78, 5) is 0. The summed E-state index contributed by atoms with van der Waals surface area (Å²) >= 11 is 0. The minimum atomic E-state index is -1.75. The first-order valence-corrected chi connectivity index (χ1v) is 16.2. The van der Waals surface area contributed by atoms with Gasteiger partial charge in [0, 0.05) is 5.56 Å². The maximum Gasteiger partial charge on any atom is 0.195 e. The first-order valence-electron chi connectivity index (χ1n) is 11.1. The monoisotopic (exact) mass is 408 g/mol. The lowest BCUT2D eigenvalue weighted by Crippen LogP contribution is -2.43. The van der Waals surface area contributed by atoms with Gasteiger partial charge in [-0.2, -0.15) is 0 Å². The SMILES string of the molecule is CC[Si](CC)(CC)OC(O[Si](CC)(CC)CC)c1ccc(C(C)(C)C)cc1. The molecule has 0 saturated heterocycles. The number of benzene rings is 1. The Morgan fingerprint density at radius 3 is 1.26 bits per heavy atom. The second kappa shape index (κ2) is 10.4. The largest absolute Gasteiger partial charge is 0.389 e. The summed E-state index contributed by atoms with van der Waals surface area (Å²) in [7, 11) is -3.51. The Morgan fingerprint density at radius 1 is 0.667 bits per heavy atom. The molecule has 1 aromatic rings. The lowest BCUT2D eigenvalue weighted by atomic mass is 9.87. The van der Waals surface area contributed by atoms with Gasteiger partial charge in [0.2, 0.25) is 0 Å². The van der Waals surface area contributed by atoms with Crippen LogP contribution in [0.4, 0.5) is 0 Å². The summed E-state index contributed by atoms with van der Waals surface area (Å²) in [6, 6.07) is 15.9. The van der Waals surface area contributed by atoms with Crippen LogP contribution >= 0.6 is 0 Å². The molecule has 0 aromatic heterocycles. The second-order valence-electron chi connectivity index (χ2n) is 8.93. The standard InChI is InChI=1S/C23H44O2Si2/c1-10-26(11-2,12-3)24-22(25-27(13-4,14-5)15-6)20-16-18-21(19-17-20)23(7,8)9/h16-19,22H,10-15H2,1-9H3. The van der Waals surface area contributed by atoms with Gasteiger partial charge in [-0.3, -0.25) is 0 Å². The third-order valence-electron chi connectivity index (χ3n) is 6.63. The molecule has 0 spiro atoms. The molecule has 156 valence electrons. The molecule has 0 aliphatic rings. The van der Waals surface area contributed by atoms with Crippen LogP contribution in [0.25, 0.3) is 0 Å². The first-order chi connectivity index (χ1) is 12.6. The van der Waals surface area contributed by atoms with Crippen LogP contribution < -0.4 is 0 Å². The highest BCUT2D eigenvalue weighted by Gasteiger charge is 2.38. The normalized spacial score (nSPS) is 13.4. The van der Waals surface area contributed by atoms with Crippen LogP contribution in [0.3, 0.4) is 0 Å². The molecule has 0 bridgehead atoms. The van der Waals surface area contributed by atoms with Crippen LogP contribution in [0.1, 0.15) is 79.7 Å². The predicted molar refractivity (Wildman–Crippen MR) is 124 cm³/mol. The average molecular weight is 409 g/mol.